The second kappa shape index (κ2) is 5.90. The summed E-state index contributed by atoms with van der Waals surface area (Å²) in [6, 6.07) is 4.99. The summed E-state index contributed by atoms with van der Waals surface area (Å²) in [6.45, 7) is 0.489. The second-order valence-electron chi connectivity index (χ2n) is 3.99. The van der Waals surface area contributed by atoms with Crippen molar-refractivity contribution in [3.8, 4) is 5.75 Å². The second-order valence-corrected chi connectivity index (χ2v) is 3.99. The van der Waals surface area contributed by atoms with Gasteiger partial charge in [-0.15, -0.1) is 0 Å². The van der Waals surface area contributed by atoms with Crippen LogP contribution >= 0.6 is 0 Å². The van der Waals surface area contributed by atoms with Crippen molar-refractivity contribution in [2.24, 2.45) is 0 Å². The minimum atomic E-state index is -0.219. The van der Waals surface area contributed by atoms with Gasteiger partial charge in [0.05, 0.1) is 12.7 Å². The monoisotopic (exact) mass is 260 g/mol. The summed E-state index contributed by atoms with van der Waals surface area (Å²) in [5.74, 6) is 1.22. The summed E-state index contributed by atoms with van der Waals surface area (Å²) in [4.78, 5) is 19.0. The van der Waals surface area contributed by atoms with E-state index >= 15 is 0 Å². The molecule has 0 aliphatic carbocycles. The maximum absolute atomic E-state index is 12.0. The number of H-pyrrole nitrogens is 1. The van der Waals surface area contributed by atoms with Crippen molar-refractivity contribution in [2.45, 2.75) is 6.42 Å². The Bertz CT molecular complexity index is 552. The summed E-state index contributed by atoms with van der Waals surface area (Å²) < 4.78 is 5.07. The van der Waals surface area contributed by atoms with Gasteiger partial charge in [-0.25, -0.2) is 4.98 Å². The normalized spacial score (nSPS) is 10.2. The molecule has 19 heavy (non-hydrogen) atoms. The largest absolute Gasteiger partial charge is 0.497 e. The van der Waals surface area contributed by atoms with Gasteiger partial charge in [0.1, 0.15) is 11.6 Å². The zero-order chi connectivity index (χ0) is 13.7. The highest BCUT2D eigenvalue weighted by Gasteiger charge is 2.10. The molecule has 6 nitrogen and oxygen atoms in total. The summed E-state index contributed by atoms with van der Waals surface area (Å²) in [7, 11) is 1.55. The van der Waals surface area contributed by atoms with Crippen molar-refractivity contribution in [3.63, 3.8) is 0 Å². The molecule has 6 heteroatoms. The number of hydrogen-bond donors (Lipinski definition) is 3. The first-order chi connectivity index (χ1) is 9.20. The molecule has 100 valence electrons. The number of nitrogens with one attached hydrogen (secondary N) is 2. The Balaban J connectivity index is 1.95. The highest BCUT2D eigenvalue weighted by molar-refractivity contribution is 5.99. The lowest BCUT2D eigenvalue weighted by molar-refractivity contribution is 0.0954. The van der Waals surface area contributed by atoms with E-state index in [1.165, 1.54) is 0 Å². The molecule has 2 rings (SSSR count). The number of rotatable bonds is 5. The summed E-state index contributed by atoms with van der Waals surface area (Å²) >= 11 is 0. The van der Waals surface area contributed by atoms with Crippen molar-refractivity contribution < 1.29 is 9.53 Å². The highest BCUT2D eigenvalue weighted by atomic mass is 16.5. The average molecular weight is 260 g/mol. The maximum atomic E-state index is 12.0. The maximum Gasteiger partial charge on any atom is 0.253 e. The molecule has 0 aliphatic heterocycles. The van der Waals surface area contributed by atoms with Gasteiger partial charge in [-0.2, -0.15) is 0 Å². The number of methoxy groups -OCH3 is 1. The van der Waals surface area contributed by atoms with E-state index in [-0.39, 0.29) is 5.91 Å². The number of anilines is 1. The van der Waals surface area contributed by atoms with Gasteiger partial charge in [0, 0.05) is 31.0 Å². The molecule has 1 amide bonds. The van der Waals surface area contributed by atoms with Crippen LogP contribution in [0.2, 0.25) is 0 Å². The molecule has 0 radical (unpaired) electrons. The Labute approximate surface area is 111 Å². The molecule has 4 N–H and O–H groups in total. The Morgan fingerprint density at radius 2 is 2.37 bits per heavy atom. The molecule has 1 heterocycles. The molecular formula is C13H16N4O2. The van der Waals surface area contributed by atoms with Crippen molar-refractivity contribution >= 4 is 11.6 Å². The summed E-state index contributed by atoms with van der Waals surface area (Å²) in [6.07, 6.45) is 4.07. The van der Waals surface area contributed by atoms with Gasteiger partial charge in [-0.05, 0) is 18.2 Å². The third-order valence-corrected chi connectivity index (χ3v) is 2.71. The number of benzene rings is 1. The minimum absolute atomic E-state index is 0.219. The molecule has 1 aromatic heterocycles. The van der Waals surface area contributed by atoms with Gasteiger partial charge in [0.15, 0.2) is 0 Å². The van der Waals surface area contributed by atoms with Crippen LogP contribution in [0.4, 0.5) is 5.69 Å². The molecule has 0 fully saturated rings. The fraction of sp³-hybridized carbons (Fsp3) is 0.231. The van der Waals surface area contributed by atoms with E-state index < -0.39 is 0 Å². The number of carbonyl (C=O) groups excluding carboxylic acids is 1. The third kappa shape index (κ3) is 3.25. The molecule has 2 aromatic rings. The quantitative estimate of drug-likeness (QED) is 0.698. The predicted molar refractivity (Wildman–Crippen MR) is 72.0 cm³/mol. The number of aromatic amines is 1. The third-order valence-electron chi connectivity index (χ3n) is 2.71. The molecule has 0 saturated heterocycles. The molecule has 0 bridgehead atoms. The summed E-state index contributed by atoms with van der Waals surface area (Å²) in [5.41, 5.74) is 6.62. The van der Waals surface area contributed by atoms with Gasteiger partial charge in [-0.3, -0.25) is 4.79 Å². The molecular weight excluding hydrogens is 244 g/mol. The Kier molecular flexibility index (Phi) is 4.02. The van der Waals surface area contributed by atoms with Crippen molar-refractivity contribution in [1.29, 1.82) is 0 Å². The Morgan fingerprint density at radius 3 is 3.05 bits per heavy atom. The lowest BCUT2D eigenvalue weighted by atomic mass is 10.1. The van der Waals surface area contributed by atoms with Crippen LogP contribution in [0.1, 0.15) is 16.2 Å². The number of imidazole rings is 1. The minimum Gasteiger partial charge on any atom is -0.497 e. The van der Waals surface area contributed by atoms with Gasteiger partial charge in [0.25, 0.3) is 5.91 Å². The molecule has 0 atom stereocenters. The van der Waals surface area contributed by atoms with Gasteiger partial charge < -0.3 is 20.8 Å². The standard InChI is InChI=1S/C13H16N4O2/c1-19-9-2-3-11(14)10(8-9)13(18)17-5-4-12-15-6-7-16-12/h2-3,6-8H,4-5,14H2,1H3,(H,15,16)(H,17,18). The zero-order valence-electron chi connectivity index (χ0n) is 10.6. The molecule has 0 saturated carbocycles. The van der Waals surface area contributed by atoms with Gasteiger partial charge in [-0.1, -0.05) is 0 Å². The SMILES string of the molecule is COc1ccc(N)c(C(=O)NCCc2ncc[nH]2)c1. The first-order valence-electron chi connectivity index (χ1n) is 5.90. The van der Waals surface area contributed by atoms with E-state index in [0.29, 0.717) is 30.0 Å². The van der Waals surface area contributed by atoms with Crippen molar-refractivity contribution in [2.75, 3.05) is 19.4 Å². The topological polar surface area (TPSA) is 93.0 Å². The molecule has 0 spiro atoms. The van der Waals surface area contributed by atoms with Crippen LogP contribution in [-0.2, 0) is 6.42 Å². The molecule has 0 aliphatic rings. The van der Waals surface area contributed by atoms with E-state index in [2.05, 4.69) is 15.3 Å². The smallest absolute Gasteiger partial charge is 0.253 e. The van der Waals surface area contributed by atoms with Crippen LogP contribution in [0.5, 0.6) is 5.75 Å². The van der Waals surface area contributed by atoms with Crippen LogP contribution in [0.3, 0.4) is 0 Å². The first kappa shape index (κ1) is 12.9. The van der Waals surface area contributed by atoms with E-state index in [1.54, 1.807) is 37.7 Å². The van der Waals surface area contributed by atoms with E-state index in [1.807, 2.05) is 0 Å². The average Bonchev–Trinajstić information content (AvgIpc) is 2.92. The number of nitrogens with two attached hydrogens (primary N) is 1. The van der Waals surface area contributed by atoms with Crippen LogP contribution in [0.15, 0.2) is 30.6 Å². The fourth-order valence-electron chi connectivity index (χ4n) is 1.68. The Hall–Kier alpha value is -2.50. The van der Waals surface area contributed by atoms with Gasteiger partial charge in [0.2, 0.25) is 0 Å². The van der Waals surface area contributed by atoms with Crippen molar-refractivity contribution in [1.82, 2.24) is 15.3 Å². The number of aromatic nitrogens is 2. The Morgan fingerprint density at radius 1 is 1.53 bits per heavy atom. The lowest BCUT2D eigenvalue weighted by Crippen LogP contribution is -2.26. The number of nitrogen functional groups attached to an aromatic ring is 1. The lowest BCUT2D eigenvalue weighted by Gasteiger charge is -2.08. The number of nitrogens with zero attached hydrogens (tertiary/aromatic N) is 1. The predicted octanol–water partition coefficient (Wildman–Crippen LogP) is 0.973. The molecule has 0 unspecified atom stereocenters. The van der Waals surface area contributed by atoms with Crippen LogP contribution in [0.25, 0.3) is 0 Å². The number of carbonyl (C=O) groups is 1. The number of hydrogen-bond acceptors (Lipinski definition) is 4. The fourth-order valence-corrected chi connectivity index (χ4v) is 1.68. The van der Waals surface area contributed by atoms with Crippen LogP contribution in [-0.4, -0.2) is 29.5 Å². The number of amides is 1. The number of ether oxygens (including phenoxy) is 1. The zero-order valence-corrected chi connectivity index (χ0v) is 10.6. The van der Waals surface area contributed by atoms with Gasteiger partial charge >= 0.3 is 0 Å². The van der Waals surface area contributed by atoms with Crippen LogP contribution in [0, 0.1) is 0 Å². The van der Waals surface area contributed by atoms with E-state index in [0.717, 1.165) is 5.82 Å². The first-order valence-corrected chi connectivity index (χ1v) is 5.90. The molecule has 1 aromatic carbocycles. The van der Waals surface area contributed by atoms with E-state index in [4.69, 9.17) is 10.5 Å². The highest BCUT2D eigenvalue weighted by Crippen LogP contribution is 2.19. The van der Waals surface area contributed by atoms with E-state index in [9.17, 15) is 4.79 Å². The van der Waals surface area contributed by atoms with Crippen molar-refractivity contribution in [3.05, 3.63) is 42.0 Å². The van der Waals surface area contributed by atoms with Crippen LogP contribution < -0.4 is 15.8 Å². The summed E-state index contributed by atoms with van der Waals surface area (Å²) in [5, 5.41) is 2.79.